The largest absolute Gasteiger partial charge is 0.308 e. The number of hydrogen-bond donors (Lipinski definition) is 0. The van der Waals surface area contributed by atoms with Gasteiger partial charge in [0.1, 0.15) is 5.82 Å². The lowest BCUT2D eigenvalue weighted by Crippen LogP contribution is -2.19. The maximum atomic E-state index is 13.1. The Morgan fingerprint density at radius 3 is 2.44 bits per heavy atom. The Bertz CT molecular complexity index is 654. The Kier molecular flexibility index (Phi) is 3.95. The molecule has 0 saturated heterocycles. The summed E-state index contributed by atoms with van der Waals surface area (Å²) >= 11 is 17.9. The zero-order chi connectivity index (χ0) is 13.3. The Balaban J connectivity index is 2.49. The first kappa shape index (κ1) is 13.4. The molecule has 0 atom stereocenters. The second-order valence-corrected chi connectivity index (χ2v) is 4.83. The smallest absolute Gasteiger partial charge is 0.251 e. The lowest BCUT2D eigenvalue weighted by atomic mass is 10.2. The van der Waals surface area contributed by atoms with Gasteiger partial charge >= 0.3 is 0 Å². The second kappa shape index (κ2) is 5.31. The van der Waals surface area contributed by atoms with Crippen LogP contribution in [0, 0.1) is 5.82 Å². The van der Waals surface area contributed by atoms with Crippen molar-refractivity contribution in [2.75, 3.05) is 0 Å². The number of hydrogen-bond acceptors (Lipinski definition) is 1. The minimum absolute atomic E-state index is 0.0643. The summed E-state index contributed by atoms with van der Waals surface area (Å²) in [6.45, 7) is 0.0643. The molecule has 2 rings (SSSR count). The van der Waals surface area contributed by atoms with Crippen molar-refractivity contribution in [3.8, 4) is 0 Å². The predicted molar refractivity (Wildman–Crippen MR) is 71.2 cm³/mol. The summed E-state index contributed by atoms with van der Waals surface area (Å²) < 4.78 is 14.3. The highest BCUT2D eigenvalue weighted by atomic mass is 35.5. The number of pyridine rings is 1. The Morgan fingerprint density at radius 2 is 1.72 bits per heavy atom. The van der Waals surface area contributed by atoms with Crippen molar-refractivity contribution in [2.24, 2.45) is 0 Å². The van der Waals surface area contributed by atoms with E-state index in [1.807, 2.05) is 0 Å². The van der Waals surface area contributed by atoms with E-state index >= 15 is 0 Å². The summed E-state index contributed by atoms with van der Waals surface area (Å²) in [5, 5.41) is 0.974. The third-order valence-electron chi connectivity index (χ3n) is 2.41. The molecule has 1 heterocycles. The van der Waals surface area contributed by atoms with Crippen LogP contribution in [0.5, 0.6) is 0 Å². The fourth-order valence-corrected chi connectivity index (χ4v) is 2.18. The van der Waals surface area contributed by atoms with Gasteiger partial charge in [0.15, 0.2) is 0 Å². The van der Waals surface area contributed by atoms with Crippen LogP contribution in [0.25, 0.3) is 0 Å². The van der Waals surface area contributed by atoms with E-state index in [-0.39, 0.29) is 17.1 Å². The summed E-state index contributed by atoms with van der Waals surface area (Å²) in [4.78, 5) is 11.6. The quantitative estimate of drug-likeness (QED) is 0.769. The SMILES string of the molecule is O=c1ccc(F)cn1Cc1c(Cl)ccc(Cl)c1Cl. The van der Waals surface area contributed by atoms with Crippen LogP contribution in [0.3, 0.4) is 0 Å². The zero-order valence-corrected chi connectivity index (χ0v) is 11.2. The first-order valence-electron chi connectivity index (χ1n) is 4.97. The van der Waals surface area contributed by atoms with Gasteiger partial charge in [-0.05, 0) is 18.2 Å². The lowest BCUT2D eigenvalue weighted by Gasteiger charge is -2.10. The first-order valence-corrected chi connectivity index (χ1v) is 6.11. The van der Waals surface area contributed by atoms with Gasteiger partial charge in [-0.2, -0.15) is 0 Å². The van der Waals surface area contributed by atoms with Crippen LogP contribution in [0.4, 0.5) is 4.39 Å². The second-order valence-electron chi connectivity index (χ2n) is 3.64. The van der Waals surface area contributed by atoms with Crippen LogP contribution in [-0.2, 0) is 6.54 Å². The zero-order valence-electron chi connectivity index (χ0n) is 8.96. The Morgan fingerprint density at radius 1 is 1.06 bits per heavy atom. The van der Waals surface area contributed by atoms with E-state index in [1.54, 1.807) is 12.1 Å². The molecule has 0 aliphatic heterocycles. The number of nitrogens with zero attached hydrogens (tertiary/aromatic N) is 1. The van der Waals surface area contributed by atoms with E-state index in [2.05, 4.69) is 0 Å². The maximum absolute atomic E-state index is 13.1. The van der Waals surface area contributed by atoms with E-state index in [4.69, 9.17) is 34.8 Å². The Hall–Kier alpha value is -1.03. The third kappa shape index (κ3) is 2.69. The standard InChI is InChI=1S/C12H7Cl3FNO/c13-9-2-3-10(14)12(15)8(9)6-17-5-7(16)1-4-11(17)18/h1-5H,6H2. The van der Waals surface area contributed by atoms with Gasteiger partial charge in [0.25, 0.3) is 5.56 Å². The topological polar surface area (TPSA) is 22.0 Å². The molecule has 1 aromatic heterocycles. The molecule has 0 N–H and O–H groups in total. The highest BCUT2D eigenvalue weighted by Gasteiger charge is 2.11. The molecule has 18 heavy (non-hydrogen) atoms. The van der Waals surface area contributed by atoms with Crippen molar-refractivity contribution in [2.45, 2.75) is 6.54 Å². The predicted octanol–water partition coefficient (Wildman–Crippen LogP) is 4.00. The molecule has 0 aliphatic rings. The summed E-state index contributed by atoms with van der Waals surface area (Å²) in [5.41, 5.74) is 0.141. The van der Waals surface area contributed by atoms with Crippen molar-refractivity contribution in [3.05, 3.63) is 67.3 Å². The summed E-state index contributed by atoms with van der Waals surface area (Å²) in [6.07, 6.45) is 1.09. The molecule has 0 unspecified atom stereocenters. The van der Waals surface area contributed by atoms with Gasteiger partial charge in [-0.1, -0.05) is 34.8 Å². The molecular weight excluding hydrogens is 299 g/mol. The van der Waals surface area contributed by atoms with Gasteiger partial charge in [-0.25, -0.2) is 4.39 Å². The van der Waals surface area contributed by atoms with Crippen molar-refractivity contribution in [1.29, 1.82) is 0 Å². The molecule has 0 bridgehead atoms. The molecule has 6 heteroatoms. The summed E-state index contributed by atoms with van der Waals surface area (Å²) in [7, 11) is 0. The molecule has 94 valence electrons. The number of benzene rings is 1. The van der Waals surface area contributed by atoms with Crippen molar-refractivity contribution in [1.82, 2.24) is 4.57 Å². The minimum Gasteiger partial charge on any atom is -0.308 e. The normalized spacial score (nSPS) is 10.7. The van der Waals surface area contributed by atoms with E-state index in [1.165, 1.54) is 4.57 Å². The van der Waals surface area contributed by atoms with E-state index in [0.29, 0.717) is 15.6 Å². The van der Waals surface area contributed by atoms with E-state index in [0.717, 1.165) is 18.3 Å². The molecule has 0 saturated carbocycles. The van der Waals surface area contributed by atoms with E-state index < -0.39 is 5.82 Å². The van der Waals surface area contributed by atoms with Gasteiger partial charge in [0, 0.05) is 22.8 Å². The number of halogens is 4. The van der Waals surface area contributed by atoms with Crippen molar-refractivity contribution in [3.63, 3.8) is 0 Å². The molecular formula is C12H7Cl3FNO. The fraction of sp³-hybridized carbons (Fsp3) is 0.0833. The lowest BCUT2D eigenvalue weighted by molar-refractivity contribution is 0.595. The van der Waals surface area contributed by atoms with Crippen LogP contribution in [0.15, 0.2) is 35.3 Å². The molecule has 0 aliphatic carbocycles. The summed E-state index contributed by atoms with van der Waals surface area (Å²) in [6, 6.07) is 5.38. The monoisotopic (exact) mass is 305 g/mol. The maximum Gasteiger partial charge on any atom is 0.251 e. The molecule has 0 radical (unpaired) electrons. The van der Waals surface area contributed by atoms with Crippen LogP contribution in [0.2, 0.25) is 15.1 Å². The number of rotatable bonds is 2. The average Bonchev–Trinajstić information content (AvgIpc) is 2.34. The third-order valence-corrected chi connectivity index (χ3v) is 3.61. The molecule has 0 spiro atoms. The summed E-state index contributed by atoms with van der Waals surface area (Å²) in [5.74, 6) is -0.510. The van der Waals surface area contributed by atoms with Crippen LogP contribution >= 0.6 is 34.8 Å². The fourth-order valence-electron chi connectivity index (χ4n) is 1.51. The van der Waals surface area contributed by atoms with Gasteiger partial charge in [0.05, 0.1) is 16.6 Å². The molecule has 1 aromatic carbocycles. The number of aromatic nitrogens is 1. The first-order chi connectivity index (χ1) is 8.49. The van der Waals surface area contributed by atoms with Gasteiger partial charge in [-0.3, -0.25) is 4.79 Å². The molecule has 0 fully saturated rings. The molecule has 2 nitrogen and oxygen atoms in total. The van der Waals surface area contributed by atoms with Gasteiger partial charge < -0.3 is 4.57 Å². The van der Waals surface area contributed by atoms with E-state index in [9.17, 15) is 9.18 Å². The molecule has 0 amide bonds. The van der Waals surface area contributed by atoms with Crippen molar-refractivity contribution >= 4 is 34.8 Å². The van der Waals surface area contributed by atoms with Crippen molar-refractivity contribution < 1.29 is 4.39 Å². The molecule has 2 aromatic rings. The Labute approximate surface area is 118 Å². The van der Waals surface area contributed by atoms with Crippen LogP contribution in [-0.4, -0.2) is 4.57 Å². The average molecular weight is 307 g/mol. The highest BCUT2D eigenvalue weighted by Crippen LogP contribution is 2.31. The minimum atomic E-state index is -0.510. The van der Waals surface area contributed by atoms with Crippen LogP contribution in [0.1, 0.15) is 5.56 Å². The van der Waals surface area contributed by atoms with Gasteiger partial charge in [-0.15, -0.1) is 0 Å². The van der Waals surface area contributed by atoms with Crippen LogP contribution < -0.4 is 5.56 Å². The van der Waals surface area contributed by atoms with Gasteiger partial charge in [0.2, 0.25) is 0 Å². The highest BCUT2D eigenvalue weighted by molar-refractivity contribution is 6.44.